The zero-order chi connectivity index (χ0) is 23.6. The first kappa shape index (κ1) is 21.1. The number of rotatable bonds is 6. The quantitative estimate of drug-likeness (QED) is 0.345. The van der Waals surface area contributed by atoms with Gasteiger partial charge < -0.3 is 11.1 Å². The van der Waals surface area contributed by atoms with Crippen molar-refractivity contribution >= 4 is 5.82 Å². The van der Waals surface area contributed by atoms with Crippen molar-refractivity contribution in [3.05, 3.63) is 95.9 Å². The molecule has 8 heteroatoms. The van der Waals surface area contributed by atoms with Gasteiger partial charge in [-0.25, -0.2) is 15.0 Å². The number of nitrogens with one attached hydrogen (secondary N) is 2. The number of hydrogen-bond acceptors (Lipinski definition) is 7. The number of nitrogen functional groups attached to an aromatic ring is 1. The second-order valence-electron chi connectivity index (χ2n) is 8.60. The van der Waals surface area contributed by atoms with Crippen molar-refractivity contribution in [1.82, 2.24) is 35.5 Å². The highest BCUT2D eigenvalue weighted by Crippen LogP contribution is 2.31. The Morgan fingerprint density at radius 1 is 0.971 bits per heavy atom. The fraction of sp³-hybridized carbons (Fsp3) is 0.148. The summed E-state index contributed by atoms with van der Waals surface area (Å²) in [4.78, 5) is 17.8. The van der Waals surface area contributed by atoms with Crippen LogP contribution in [0.15, 0.2) is 79.3 Å². The average molecular weight is 461 g/mol. The van der Waals surface area contributed by atoms with Crippen molar-refractivity contribution in [3.8, 4) is 34.2 Å². The SMILES string of the molecule is Nc1ncc(-c2cccc(CN[C@H]3CCc4ccccc43)c2)nc1-c1nc(-c2ccncc2)n[nH]1. The van der Waals surface area contributed by atoms with Crippen LogP contribution in [-0.4, -0.2) is 30.1 Å². The monoisotopic (exact) mass is 460 g/mol. The Labute approximate surface area is 202 Å². The molecule has 0 unspecified atom stereocenters. The first-order valence-electron chi connectivity index (χ1n) is 11.6. The lowest BCUT2D eigenvalue weighted by Crippen LogP contribution is -2.18. The second-order valence-corrected chi connectivity index (χ2v) is 8.60. The van der Waals surface area contributed by atoms with Gasteiger partial charge in [-0.05, 0) is 47.7 Å². The highest BCUT2D eigenvalue weighted by molar-refractivity contribution is 5.70. The number of aromatic nitrogens is 6. The Balaban J connectivity index is 1.23. The van der Waals surface area contributed by atoms with Gasteiger partial charge >= 0.3 is 0 Å². The number of H-pyrrole nitrogens is 1. The standard InChI is InChI=1S/C27H24N8/c28-25-24(27-33-26(34-35-27)19-10-12-29-13-11-19)32-23(16-31-25)20-6-3-4-17(14-20)15-30-22-9-8-18-5-1-2-7-21(18)22/h1-7,10-14,16,22,30H,8-9,15H2,(H2,28,31)(H,33,34,35)/t22-/m0/s1. The molecule has 0 saturated carbocycles. The normalized spacial score (nSPS) is 14.7. The molecule has 8 nitrogen and oxygen atoms in total. The molecule has 2 aromatic carbocycles. The van der Waals surface area contributed by atoms with Crippen LogP contribution in [0.5, 0.6) is 0 Å². The number of hydrogen-bond donors (Lipinski definition) is 3. The molecule has 0 spiro atoms. The molecule has 5 aromatic rings. The van der Waals surface area contributed by atoms with E-state index in [4.69, 9.17) is 10.7 Å². The summed E-state index contributed by atoms with van der Waals surface area (Å²) in [6.45, 7) is 0.777. The first-order valence-corrected chi connectivity index (χ1v) is 11.6. The molecule has 1 aliphatic carbocycles. The summed E-state index contributed by atoms with van der Waals surface area (Å²) in [6.07, 6.45) is 7.35. The number of aryl methyl sites for hydroxylation is 1. The van der Waals surface area contributed by atoms with Gasteiger partial charge in [-0.2, -0.15) is 5.10 Å². The van der Waals surface area contributed by atoms with Crippen LogP contribution in [0.3, 0.4) is 0 Å². The Morgan fingerprint density at radius 2 is 1.86 bits per heavy atom. The molecule has 0 aliphatic heterocycles. The van der Waals surface area contributed by atoms with Crippen molar-refractivity contribution in [2.45, 2.75) is 25.4 Å². The molecule has 3 aromatic heterocycles. The number of pyridine rings is 1. The lowest BCUT2D eigenvalue weighted by atomic mass is 10.1. The number of aromatic amines is 1. The van der Waals surface area contributed by atoms with Gasteiger partial charge in [-0.1, -0.05) is 42.5 Å². The van der Waals surface area contributed by atoms with Crippen LogP contribution in [0.25, 0.3) is 34.2 Å². The molecule has 0 saturated heterocycles. The van der Waals surface area contributed by atoms with Crippen molar-refractivity contribution in [1.29, 1.82) is 0 Å². The smallest absolute Gasteiger partial charge is 0.181 e. The summed E-state index contributed by atoms with van der Waals surface area (Å²) in [6, 6.07) is 21.1. The maximum atomic E-state index is 6.15. The average Bonchev–Trinajstić information content (AvgIpc) is 3.56. The van der Waals surface area contributed by atoms with Gasteiger partial charge in [-0.15, -0.1) is 0 Å². The molecular formula is C27H24N8. The van der Waals surface area contributed by atoms with Crippen LogP contribution in [0.1, 0.15) is 29.2 Å². The van der Waals surface area contributed by atoms with Gasteiger partial charge in [-0.3, -0.25) is 10.1 Å². The summed E-state index contributed by atoms with van der Waals surface area (Å²) in [5.41, 5.74) is 13.2. The summed E-state index contributed by atoms with van der Waals surface area (Å²) in [7, 11) is 0. The van der Waals surface area contributed by atoms with Crippen molar-refractivity contribution < 1.29 is 0 Å². The van der Waals surface area contributed by atoms with Gasteiger partial charge in [0.25, 0.3) is 0 Å². The Bertz CT molecular complexity index is 1480. The van der Waals surface area contributed by atoms with E-state index in [1.807, 2.05) is 24.3 Å². The van der Waals surface area contributed by atoms with Crippen LogP contribution in [-0.2, 0) is 13.0 Å². The molecule has 0 amide bonds. The number of nitrogens with two attached hydrogens (primary N) is 1. The zero-order valence-corrected chi connectivity index (χ0v) is 19.0. The summed E-state index contributed by atoms with van der Waals surface area (Å²) < 4.78 is 0. The van der Waals surface area contributed by atoms with E-state index >= 15 is 0 Å². The van der Waals surface area contributed by atoms with E-state index in [1.165, 1.54) is 16.7 Å². The van der Waals surface area contributed by atoms with E-state index in [2.05, 4.69) is 66.9 Å². The molecule has 0 fully saturated rings. The van der Waals surface area contributed by atoms with Crippen molar-refractivity contribution in [2.75, 3.05) is 5.73 Å². The van der Waals surface area contributed by atoms with Crippen molar-refractivity contribution in [3.63, 3.8) is 0 Å². The van der Waals surface area contributed by atoms with Crippen LogP contribution in [0.4, 0.5) is 5.82 Å². The van der Waals surface area contributed by atoms with Gasteiger partial charge in [0.05, 0.1) is 11.9 Å². The fourth-order valence-corrected chi connectivity index (χ4v) is 4.56. The molecule has 1 aliphatic rings. The first-order chi connectivity index (χ1) is 17.2. The highest BCUT2D eigenvalue weighted by Gasteiger charge is 2.21. The van der Waals surface area contributed by atoms with Gasteiger partial charge in [0.2, 0.25) is 0 Å². The lowest BCUT2D eigenvalue weighted by Gasteiger charge is -2.14. The molecule has 3 heterocycles. The maximum absolute atomic E-state index is 6.15. The third-order valence-corrected chi connectivity index (χ3v) is 6.36. The van der Waals surface area contributed by atoms with E-state index in [0.717, 1.165) is 36.2 Å². The Hall–Kier alpha value is -4.43. The molecule has 0 radical (unpaired) electrons. The number of anilines is 1. The highest BCUT2D eigenvalue weighted by atomic mass is 15.2. The van der Waals surface area contributed by atoms with E-state index in [0.29, 0.717) is 29.2 Å². The van der Waals surface area contributed by atoms with Gasteiger partial charge in [0.1, 0.15) is 5.69 Å². The zero-order valence-electron chi connectivity index (χ0n) is 19.0. The summed E-state index contributed by atoms with van der Waals surface area (Å²) in [5.74, 6) is 1.32. The predicted octanol–water partition coefficient (Wildman–Crippen LogP) is 4.35. The molecule has 0 bridgehead atoms. The third kappa shape index (κ3) is 4.27. The number of nitrogens with zero attached hydrogens (tertiary/aromatic N) is 5. The number of benzene rings is 2. The third-order valence-electron chi connectivity index (χ3n) is 6.36. The maximum Gasteiger partial charge on any atom is 0.181 e. The summed E-state index contributed by atoms with van der Waals surface area (Å²) in [5, 5.41) is 11.0. The van der Waals surface area contributed by atoms with Crippen LogP contribution in [0.2, 0.25) is 0 Å². The number of fused-ring (bicyclic) bond motifs is 1. The van der Waals surface area contributed by atoms with Gasteiger partial charge in [0, 0.05) is 36.1 Å². The predicted molar refractivity (Wildman–Crippen MR) is 135 cm³/mol. The Kier molecular flexibility index (Phi) is 5.48. The minimum atomic E-state index is 0.295. The van der Waals surface area contributed by atoms with E-state index < -0.39 is 0 Å². The van der Waals surface area contributed by atoms with Crippen LogP contribution >= 0.6 is 0 Å². The Morgan fingerprint density at radius 3 is 2.77 bits per heavy atom. The summed E-state index contributed by atoms with van der Waals surface area (Å²) >= 11 is 0. The minimum Gasteiger partial charge on any atom is -0.382 e. The topological polar surface area (TPSA) is 118 Å². The van der Waals surface area contributed by atoms with Crippen LogP contribution < -0.4 is 11.1 Å². The lowest BCUT2D eigenvalue weighted by molar-refractivity contribution is 0.530. The molecule has 35 heavy (non-hydrogen) atoms. The molecule has 4 N–H and O–H groups in total. The van der Waals surface area contributed by atoms with Crippen molar-refractivity contribution in [2.24, 2.45) is 0 Å². The van der Waals surface area contributed by atoms with E-state index in [1.54, 1.807) is 18.6 Å². The minimum absolute atomic E-state index is 0.295. The molecule has 1 atom stereocenters. The fourth-order valence-electron chi connectivity index (χ4n) is 4.56. The molecule has 6 rings (SSSR count). The second kappa shape index (κ2) is 9.08. The molecule has 172 valence electrons. The van der Waals surface area contributed by atoms with E-state index in [-0.39, 0.29) is 0 Å². The van der Waals surface area contributed by atoms with Gasteiger partial charge in [0.15, 0.2) is 17.5 Å². The largest absolute Gasteiger partial charge is 0.382 e. The molecular weight excluding hydrogens is 436 g/mol. The van der Waals surface area contributed by atoms with Crippen LogP contribution in [0, 0.1) is 0 Å². The van der Waals surface area contributed by atoms with E-state index in [9.17, 15) is 0 Å².